The van der Waals surface area contributed by atoms with Gasteiger partial charge in [0.05, 0.1) is 17.8 Å². The number of alkyl halides is 3. The molecule has 0 spiro atoms. The van der Waals surface area contributed by atoms with Crippen molar-refractivity contribution in [1.29, 1.82) is 0 Å². The number of nitrogens with zero attached hydrogens (tertiary/aromatic N) is 2. The van der Waals surface area contributed by atoms with Crippen LogP contribution in [0.2, 0.25) is 0 Å². The molecule has 0 fully saturated rings. The molecule has 1 heterocycles. The van der Waals surface area contributed by atoms with E-state index in [4.69, 9.17) is 5.73 Å². The fraction of sp³-hybridized carbons (Fsp3) is 0.400. The minimum absolute atomic E-state index is 0.321. The van der Waals surface area contributed by atoms with Crippen LogP contribution in [0.5, 0.6) is 0 Å². The van der Waals surface area contributed by atoms with E-state index >= 15 is 0 Å². The summed E-state index contributed by atoms with van der Waals surface area (Å²) in [5.74, 6) is 0. The van der Waals surface area contributed by atoms with Crippen molar-refractivity contribution in [3.8, 4) is 0 Å². The molecule has 3 nitrogen and oxygen atoms in total. The molecule has 0 aliphatic heterocycles. The van der Waals surface area contributed by atoms with E-state index in [9.17, 15) is 13.2 Å². The second-order valence-electron chi connectivity index (χ2n) is 5.04. The molecule has 0 bridgehead atoms. The third kappa shape index (κ3) is 3.44. The van der Waals surface area contributed by atoms with Gasteiger partial charge in [-0.25, -0.2) is 0 Å². The van der Waals surface area contributed by atoms with E-state index in [-0.39, 0.29) is 0 Å². The highest BCUT2D eigenvalue weighted by Crippen LogP contribution is 2.29. The smallest absolute Gasteiger partial charge is 0.330 e. The molecule has 0 unspecified atom stereocenters. The predicted molar refractivity (Wildman–Crippen MR) is 75.0 cm³/mol. The summed E-state index contributed by atoms with van der Waals surface area (Å²) in [6.45, 7) is 4.65. The minimum Gasteiger partial charge on any atom is -0.330 e. The first kappa shape index (κ1) is 15.6. The number of aryl methyl sites for hydroxylation is 1. The molecule has 0 saturated heterocycles. The fourth-order valence-corrected chi connectivity index (χ4v) is 2.41. The van der Waals surface area contributed by atoms with E-state index in [0.29, 0.717) is 18.7 Å². The van der Waals surface area contributed by atoms with Crippen LogP contribution in [0.15, 0.2) is 24.3 Å². The molecule has 0 saturated carbocycles. The quantitative estimate of drug-likeness (QED) is 0.942. The van der Waals surface area contributed by atoms with E-state index in [2.05, 4.69) is 5.10 Å². The Morgan fingerprint density at radius 3 is 2.57 bits per heavy atom. The number of nitrogens with two attached hydrogens (primary N) is 1. The van der Waals surface area contributed by atoms with Gasteiger partial charge in [-0.15, -0.1) is 0 Å². The van der Waals surface area contributed by atoms with Gasteiger partial charge in [0.25, 0.3) is 0 Å². The van der Waals surface area contributed by atoms with E-state index < -0.39 is 11.7 Å². The Bertz CT molecular complexity index is 630. The molecule has 0 amide bonds. The van der Waals surface area contributed by atoms with Gasteiger partial charge in [0, 0.05) is 5.69 Å². The van der Waals surface area contributed by atoms with E-state index in [1.807, 2.05) is 13.8 Å². The summed E-state index contributed by atoms with van der Waals surface area (Å²) in [5.41, 5.74) is 8.42. The van der Waals surface area contributed by atoms with Gasteiger partial charge in [-0.3, -0.25) is 4.68 Å². The van der Waals surface area contributed by atoms with Crippen molar-refractivity contribution in [1.82, 2.24) is 9.78 Å². The first-order chi connectivity index (χ1) is 9.82. The molecule has 0 radical (unpaired) electrons. The Labute approximate surface area is 121 Å². The largest absolute Gasteiger partial charge is 0.416 e. The highest BCUT2D eigenvalue weighted by molar-refractivity contribution is 5.28. The lowest BCUT2D eigenvalue weighted by Gasteiger charge is -2.10. The number of aromatic nitrogens is 2. The number of benzene rings is 1. The van der Waals surface area contributed by atoms with Gasteiger partial charge in [0.1, 0.15) is 0 Å². The van der Waals surface area contributed by atoms with Gasteiger partial charge in [-0.05, 0) is 50.1 Å². The average Bonchev–Trinajstić information content (AvgIpc) is 2.66. The fourth-order valence-electron chi connectivity index (χ4n) is 2.41. The second-order valence-corrected chi connectivity index (χ2v) is 5.04. The van der Waals surface area contributed by atoms with Crippen molar-refractivity contribution < 1.29 is 13.2 Å². The number of hydrogen-bond acceptors (Lipinski definition) is 2. The molecule has 6 heteroatoms. The van der Waals surface area contributed by atoms with Crippen molar-refractivity contribution in [2.45, 2.75) is 33.0 Å². The van der Waals surface area contributed by atoms with Gasteiger partial charge in [-0.2, -0.15) is 18.3 Å². The third-order valence-electron chi connectivity index (χ3n) is 3.51. The monoisotopic (exact) mass is 297 g/mol. The zero-order chi connectivity index (χ0) is 15.6. The Hall–Kier alpha value is -1.82. The van der Waals surface area contributed by atoms with Crippen molar-refractivity contribution in [2.24, 2.45) is 5.73 Å². The van der Waals surface area contributed by atoms with Gasteiger partial charge in [0.2, 0.25) is 0 Å². The van der Waals surface area contributed by atoms with Gasteiger partial charge >= 0.3 is 6.18 Å². The van der Waals surface area contributed by atoms with Crippen LogP contribution in [0, 0.1) is 13.8 Å². The normalized spacial score (nSPS) is 11.9. The molecule has 2 aromatic rings. The van der Waals surface area contributed by atoms with E-state index in [1.165, 1.54) is 12.1 Å². The molecular formula is C15H18F3N3. The zero-order valence-electron chi connectivity index (χ0n) is 12.0. The first-order valence-corrected chi connectivity index (χ1v) is 6.72. The summed E-state index contributed by atoms with van der Waals surface area (Å²) in [6, 6.07) is 5.34. The average molecular weight is 297 g/mol. The molecular weight excluding hydrogens is 279 g/mol. The third-order valence-corrected chi connectivity index (χ3v) is 3.51. The summed E-state index contributed by atoms with van der Waals surface area (Å²) in [4.78, 5) is 0. The van der Waals surface area contributed by atoms with Crippen LogP contribution in [0.4, 0.5) is 13.2 Å². The van der Waals surface area contributed by atoms with Gasteiger partial charge in [0.15, 0.2) is 0 Å². The highest BCUT2D eigenvalue weighted by Gasteiger charge is 2.30. The van der Waals surface area contributed by atoms with Crippen molar-refractivity contribution in [3.05, 3.63) is 52.3 Å². The standard InChI is InChI=1S/C15H18F3N3/c1-10-14(6-7-19)11(2)21(20-10)9-12-4-3-5-13(8-12)15(16,17)18/h3-5,8H,6-7,9,19H2,1-2H3. The lowest BCUT2D eigenvalue weighted by molar-refractivity contribution is -0.137. The van der Waals surface area contributed by atoms with Crippen LogP contribution in [0.25, 0.3) is 0 Å². The molecule has 0 atom stereocenters. The maximum Gasteiger partial charge on any atom is 0.416 e. The maximum atomic E-state index is 12.7. The van der Waals surface area contributed by atoms with Crippen LogP contribution in [0.3, 0.4) is 0 Å². The van der Waals surface area contributed by atoms with Crippen LogP contribution < -0.4 is 5.73 Å². The highest BCUT2D eigenvalue weighted by atomic mass is 19.4. The first-order valence-electron chi connectivity index (χ1n) is 6.72. The molecule has 21 heavy (non-hydrogen) atoms. The van der Waals surface area contributed by atoms with Crippen LogP contribution >= 0.6 is 0 Å². The summed E-state index contributed by atoms with van der Waals surface area (Å²) in [7, 11) is 0. The molecule has 0 aliphatic carbocycles. The molecule has 114 valence electrons. The Morgan fingerprint density at radius 2 is 1.95 bits per heavy atom. The van der Waals surface area contributed by atoms with Gasteiger partial charge < -0.3 is 5.73 Å². The summed E-state index contributed by atoms with van der Waals surface area (Å²) >= 11 is 0. The number of hydrogen-bond donors (Lipinski definition) is 1. The van der Waals surface area contributed by atoms with Gasteiger partial charge in [-0.1, -0.05) is 12.1 Å². The lowest BCUT2D eigenvalue weighted by Crippen LogP contribution is -2.09. The van der Waals surface area contributed by atoms with E-state index in [1.54, 1.807) is 10.7 Å². The summed E-state index contributed by atoms with van der Waals surface area (Å²) in [5, 5.41) is 4.40. The van der Waals surface area contributed by atoms with Crippen molar-refractivity contribution in [2.75, 3.05) is 6.54 Å². The number of halogens is 3. The Morgan fingerprint density at radius 1 is 1.24 bits per heavy atom. The molecule has 1 aromatic heterocycles. The van der Waals surface area contributed by atoms with Crippen molar-refractivity contribution >= 4 is 0 Å². The van der Waals surface area contributed by atoms with Crippen LogP contribution in [0.1, 0.15) is 28.1 Å². The lowest BCUT2D eigenvalue weighted by atomic mass is 10.1. The molecule has 2 N–H and O–H groups in total. The Balaban J connectivity index is 2.29. The zero-order valence-corrected chi connectivity index (χ0v) is 12.0. The summed E-state index contributed by atoms with van der Waals surface area (Å²) in [6.07, 6.45) is -3.60. The predicted octanol–water partition coefficient (Wildman–Crippen LogP) is 3.07. The second kappa shape index (κ2) is 5.89. The topological polar surface area (TPSA) is 43.8 Å². The molecule has 2 rings (SSSR count). The SMILES string of the molecule is Cc1nn(Cc2cccc(C(F)(F)F)c2)c(C)c1CCN. The molecule has 0 aliphatic rings. The summed E-state index contributed by atoms with van der Waals surface area (Å²) < 4.78 is 39.9. The molecule has 1 aromatic carbocycles. The van der Waals surface area contributed by atoms with Crippen molar-refractivity contribution in [3.63, 3.8) is 0 Å². The van der Waals surface area contributed by atoms with Crippen LogP contribution in [-0.4, -0.2) is 16.3 Å². The number of rotatable bonds is 4. The van der Waals surface area contributed by atoms with E-state index in [0.717, 1.165) is 29.4 Å². The van der Waals surface area contributed by atoms with Crippen LogP contribution in [-0.2, 0) is 19.1 Å². The minimum atomic E-state index is -4.32. The Kier molecular flexibility index (Phi) is 4.37. The maximum absolute atomic E-state index is 12.7.